The van der Waals surface area contributed by atoms with Crippen molar-refractivity contribution in [2.75, 3.05) is 6.61 Å². The van der Waals surface area contributed by atoms with Gasteiger partial charge in [0.25, 0.3) is 5.79 Å². The number of hydrogen-bond donors (Lipinski definition) is 0. The van der Waals surface area contributed by atoms with E-state index in [1.54, 1.807) is 21.2 Å². The lowest BCUT2D eigenvalue weighted by atomic mass is 10.1. The van der Waals surface area contributed by atoms with E-state index in [0.29, 0.717) is 22.1 Å². The van der Waals surface area contributed by atoms with E-state index < -0.39 is 12.0 Å². The number of halogens is 4. The van der Waals surface area contributed by atoms with Gasteiger partial charge in [-0.15, -0.1) is 0 Å². The molecule has 0 aromatic rings. The van der Waals surface area contributed by atoms with Gasteiger partial charge in [-0.05, 0) is 12.8 Å². The Morgan fingerprint density at radius 2 is 2.08 bits per heavy atom. The highest BCUT2D eigenvalue weighted by molar-refractivity contribution is 14.2. The highest BCUT2D eigenvalue weighted by atomic mass is 127. The highest BCUT2D eigenvalue weighted by Crippen LogP contribution is 2.44. The van der Waals surface area contributed by atoms with Gasteiger partial charge in [-0.3, -0.25) is 4.18 Å². The molecule has 0 N–H and O–H groups in total. The summed E-state index contributed by atoms with van der Waals surface area (Å²) in [6.45, 7) is 0.108. The minimum Gasteiger partial charge on any atom is -0.342 e. The maximum atomic E-state index is 12.5. The van der Waals surface area contributed by atoms with Crippen molar-refractivity contribution in [2.24, 2.45) is 0 Å². The van der Waals surface area contributed by atoms with Crippen LogP contribution in [0.15, 0.2) is 0 Å². The summed E-state index contributed by atoms with van der Waals surface area (Å²) in [4.78, 5) is 0. The van der Waals surface area contributed by atoms with Gasteiger partial charge >= 0.3 is 6.18 Å². The summed E-state index contributed by atoms with van der Waals surface area (Å²) in [5.41, 5.74) is 0. The van der Waals surface area contributed by atoms with Gasteiger partial charge in [0.2, 0.25) is 0 Å². The van der Waals surface area contributed by atoms with Crippen LogP contribution in [0.25, 0.3) is 0 Å². The second-order valence-electron chi connectivity index (χ2n) is 2.70. The zero-order valence-electron chi connectivity index (χ0n) is 6.57. The third kappa shape index (κ3) is 2.63. The molecule has 0 radical (unpaired) electrons. The van der Waals surface area contributed by atoms with Gasteiger partial charge in [0.1, 0.15) is 0 Å². The molecule has 2 nitrogen and oxygen atoms in total. The van der Waals surface area contributed by atoms with E-state index in [4.69, 9.17) is 4.74 Å². The van der Waals surface area contributed by atoms with Gasteiger partial charge in [-0.1, -0.05) is 0 Å². The van der Waals surface area contributed by atoms with Gasteiger partial charge in [-0.2, -0.15) is 13.2 Å². The van der Waals surface area contributed by atoms with Crippen molar-refractivity contribution in [3.8, 4) is 0 Å². The van der Waals surface area contributed by atoms with Crippen LogP contribution >= 0.6 is 30.4 Å². The van der Waals surface area contributed by atoms with Crippen molar-refractivity contribution < 1.29 is 22.1 Å². The fourth-order valence-corrected chi connectivity index (χ4v) is 2.36. The lowest BCUT2D eigenvalue weighted by Crippen LogP contribution is -2.50. The smallest absolute Gasteiger partial charge is 0.342 e. The van der Waals surface area contributed by atoms with Crippen LogP contribution in [0.3, 0.4) is 0 Å². The Morgan fingerprint density at radius 1 is 1.38 bits per heavy atom. The minimum atomic E-state index is -4.45. The molecule has 1 atom stereocenters. The first-order chi connectivity index (χ1) is 6.02. The lowest BCUT2D eigenvalue weighted by molar-refractivity contribution is -0.358. The third-order valence-electron chi connectivity index (χ3n) is 1.83. The summed E-state index contributed by atoms with van der Waals surface area (Å²) in [5.74, 6) is -2.38. The molecule has 0 aromatic carbocycles. The number of hydrogen-bond acceptors (Lipinski definition) is 3. The average molecular weight is 328 g/mol. The largest absolute Gasteiger partial charge is 0.444 e. The predicted molar refractivity (Wildman–Crippen MR) is 51.3 cm³/mol. The van der Waals surface area contributed by atoms with Gasteiger partial charge in [-0.25, -0.2) is 0 Å². The van der Waals surface area contributed by atoms with E-state index in [9.17, 15) is 13.2 Å². The van der Waals surface area contributed by atoms with Crippen LogP contribution in [-0.2, 0) is 8.92 Å². The molecule has 1 rings (SSSR count). The molecule has 13 heavy (non-hydrogen) atoms. The summed E-state index contributed by atoms with van der Waals surface area (Å²) in [6.07, 6.45) is -3.43. The van der Waals surface area contributed by atoms with Gasteiger partial charge < -0.3 is 4.74 Å². The fourth-order valence-electron chi connectivity index (χ4n) is 1.16. The maximum Gasteiger partial charge on any atom is 0.444 e. The van der Waals surface area contributed by atoms with E-state index >= 15 is 0 Å². The molecule has 0 aliphatic carbocycles. The van der Waals surface area contributed by atoms with Crippen molar-refractivity contribution in [3.63, 3.8) is 0 Å². The topological polar surface area (TPSA) is 18.5 Å². The highest BCUT2D eigenvalue weighted by Gasteiger charge is 2.58. The normalized spacial score (nSPS) is 30.5. The molecule has 0 saturated carbocycles. The van der Waals surface area contributed by atoms with E-state index in [1.807, 2.05) is 0 Å². The Kier molecular flexibility index (Phi) is 4.14. The van der Waals surface area contributed by atoms with E-state index in [2.05, 4.69) is 4.18 Å². The Balaban J connectivity index is 2.73. The Morgan fingerprint density at radius 3 is 2.46 bits per heavy atom. The summed E-state index contributed by atoms with van der Waals surface area (Å²) >= 11 is 1.65. The molecule has 78 valence electrons. The molecular weight excluding hydrogens is 320 g/mol. The summed E-state index contributed by atoms with van der Waals surface area (Å²) in [7, 11) is 0.659. The van der Waals surface area contributed by atoms with Crippen molar-refractivity contribution in [1.82, 2.24) is 0 Å². The van der Waals surface area contributed by atoms with Crippen molar-refractivity contribution in [2.45, 2.75) is 31.2 Å². The van der Waals surface area contributed by atoms with Crippen LogP contribution in [0.4, 0.5) is 13.2 Å². The van der Waals surface area contributed by atoms with Crippen LogP contribution in [0.1, 0.15) is 19.3 Å². The van der Waals surface area contributed by atoms with E-state index in [-0.39, 0.29) is 13.0 Å². The SMILES string of the molecule is FC(F)(F)C1(OSI)CCCCO1. The van der Waals surface area contributed by atoms with Gasteiger partial charge in [0, 0.05) is 27.6 Å². The maximum absolute atomic E-state index is 12.5. The molecule has 0 aromatic heterocycles. The number of rotatable bonds is 2. The third-order valence-corrected chi connectivity index (χ3v) is 2.71. The summed E-state index contributed by atoms with van der Waals surface area (Å²) < 4.78 is 46.8. The zero-order valence-corrected chi connectivity index (χ0v) is 9.54. The molecule has 1 aliphatic rings. The molecule has 0 amide bonds. The molecule has 1 fully saturated rings. The first-order valence-corrected chi connectivity index (χ1v) is 6.97. The van der Waals surface area contributed by atoms with Crippen LogP contribution in [0, 0.1) is 0 Å². The molecule has 7 heteroatoms. The van der Waals surface area contributed by atoms with Crippen LogP contribution in [0.5, 0.6) is 0 Å². The van der Waals surface area contributed by atoms with Crippen molar-refractivity contribution >= 4 is 30.4 Å². The first kappa shape index (κ1) is 11.9. The van der Waals surface area contributed by atoms with Crippen molar-refractivity contribution in [3.05, 3.63) is 0 Å². The molecule has 1 aliphatic heterocycles. The first-order valence-electron chi connectivity index (χ1n) is 3.69. The molecular formula is C6H8F3IO2S. The quantitative estimate of drug-likeness (QED) is 0.571. The van der Waals surface area contributed by atoms with Gasteiger partial charge in [0.05, 0.1) is 15.8 Å². The molecule has 0 bridgehead atoms. The lowest BCUT2D eigenvalue weighted by Gasteiger charge is -2.36. The monoisotopic (exact) mass is 328 g/mol. The van der Waals surface area contributed by atoms with Crippen LogP contribution in [-0.4, -0.2) is 18.6 Å². The standard InChI is InChI=1S/C6H8F3IO2S/c7-6(8,9)5(12-13-10)3-1-2-4-11-5/h1-4H2. The van der Waals surface area contributed by atoms with E-state index in [1.165, 1.54) is 0 Å². The second-order valence-corrected chi connectivity index (χ2v) is 4.07. The second kappa shape index (κ2) is 4.54. The number of alkyl halides is 3. The van der Waals surface area contributed by atoms with Crippen molar-refractivity contribution in [1.29, 1.82) is 0 Å². The Hall–Kier alpha value is 0.790. The van der Waals surface area contributed by atoms with Gasteiger partial charge in [0.15, 0.2) is 0 Å². The Bertz CT molecular complexity index is 164. The molecule has 1 heterocycles. The summed E-state index contributed by atoms with van der Waals surface area (Å²) in [5, 5.41) is 0. The molecule has 1 saturated heterocycles. The number of ether oxygens (including phenoxy) is 1. The summed E-state index contributed by atoms with van der Waals surface area (Å²) in [6, 6.07) is 0. The van der Waals surface area contributed by atoms with E-state index in [0.717, 1.165) is 0 Å². The molecule has 0 spiro atoms. The fraction of sp³-hybridized carbons (Fsp3) is 1.00. The average Bonchev–Trinajstić information content (AvgIpc) is 2.04. The minimum absolute atomic E-state index is 0.108. The predicted octanol–water partition coefficient (Wildman–Crippen LogP) is 3.46. The molecule has 1 unspecified atom stereocenters. The van der Waals surface area contributed by atoms with Crippen LogP contribution in [0.2, 0.25) is 0 Å². The van der Waals surface area contributed by atoms with Crippen LogP contribution < -0.4 is 0 Å². The zero-order chi connectivity index (χ0) is 9.95. The Labute approximate surface area is 90.3 Å².